The molecule has 38 heavy (non-hydrogen) atoms. The van der Waals surface area contributed by atoms with Gasteiger partial charge in [0.1, 0.15) is 16.5 Å². The quantitative estimate of drug-likeness (QED) is 0.254. The minimum Gasteiger partial charge on any atom is -0.442 e. The molecule has 2 amide bonds. The lowest BCUT2D eigenvalue weighted by molar-refractivity contribution is -0.384. The molecule has 0 aliphatic carbocycles. The van der Waals surface area contributed by atoms with E-state index in [2.05, 4.69) is 36.0 Å². The maximum atomic E-state index is 12.5. The Hall–Kier alpha value is -4.19. The first-order valence-electron chi connectivity index (χ1n) is 12.1. The molecule has 2 aromatic carbocycles. The Kier molecular flexibility index (Phi) is 7.40. The molecule has 0 radical (unpaired) electrons. The van der Waals surface area contributed by atoms with Crippen molar-refractivity contribution in [1.29, 1.82) is 0 Å². The van der Waals surface area contributed by atoms with E-state index in [0.29, 0.717) is 5.69 Å². The number of rotatable bonds is 7. The zero-order chi connectivity index (χ0) is 26.6. The van der Waals surface area contributed by atoms with E-state index in [0.717, 1.165) is 42.3 Å². The van der Waals surface area contributed by atoms with Gasteiger partial charge in [-0.1, -0.05) is 12.1 Å². The van der Waals surface area contributed by atoms with Crippen molar-refractivity contribution in [1.82, 2.24) is 10.3 Å². The Labute approximate surface area is 227 Å². The fourth-order valence-electron chi connectivity index (χ4n) is 4.52. The van der Waals surface area contributed by atoms with E-state index in [4.69, 9.17) is 4.74 Å². The van der Waals surface area contributed by atoms with Gasteiger partial charge in [-0.2, -0.15) is 0 Å². The monoisotopic (exact) mass is 580 g/mol. The third-order valence-corrected chi connectivity index (χ3v) is 6.96. The number of non-ortho nitro benzene ring substituents is 1. The molecule has 1 aromatic heterocycles. The zero-order valence-electron chi connectivity index (χ0n) is 20.3. The fraction of sp³-hybridized carbons (Fsp3) is 0.269. The van der Waals surface area contributed by atoms with E-state index < -0.39 is 23.0 Å². The van der Waals surface area contributed by atoms with Gasteiger partial charge in [0.05, 0.1) is 18.0 Å². The molecule has 5 rings (SSSR count). The van der Waals surface area contributed by atoms with Crippen molar-refractivity contribution in [2.75, 3.05) is 54.0 Å². The maximum absolute atomic E-state index is 12.5. The van der Waals surface area contributed by atoms with Crippen molar-refractivity contribution < 1.29 is 19.2 Å². The molecule has 1 N–H and O–H groups in total. The van der Waals surface area contributed by atoms with Gasteiger partial charge in [-0.15, -0.1) is 0 Å². The summed E-state index contributed by atoms with van der Waals surface area (Å²) in [7, 11) is 0. The number of carbonyl (C=O) groups excluding carboxylic acids is 2. The molecule has 196 valence electrons. The van der Waals surface area contributed by atoms with Crippen molar-refractivity contribution in [2.45, 2.75) is 6.10 Å². The van der Waals surface area contributed by atoms with Crippen LogP contribution in [0.25, 0.3) is 0 Å². The van der Waals surface area contributed by atoms with Crippen LogP contribution in [0, 0.1) is 10.1 Å². The Balaban J connectivity index is 1.14. The number of nitrogens with one attached hydrogen (secondary N) is 1. The number of hydrogen-bond donors (Lipinski definition) is 1. The van der Waals surface area contributed by atoms with E-state index >= 15 is 0 Å². The molecule has 2 fully saturated rings. The van der Waals surface area contributed by atoms with Crippen LogP contribution in [0.1, 0.15) is 10.4 Å². The molecule has 0 unspecified atom stereocenters. The van der Waals surface area contributed by atoms with Crippen LogP contribution in [-0.4, -0.2) is 67.3 Å². The summed E-state index contributed by atoms with van der Waals surface area (Å²) in [6, 6.07) is 19.2. The highest BCUT2D eigenvalue weighted by molar-refractivity contribution is 9.10. The maximum Gasteiger partial charge on any atom is 0.414 e. The van der Waals surface area contributed by atoms with Crippen molar-refractivity contribution in [3.05, 3.63) is 87.0 Å². The van der Waals surface area contributed by atoms with Gasteiger partial charge >= 0.3 is 6.09 Å². The summed E-state index contributed by atoms with van der Waals surface area (Å²) in [4.78, 5) is 45.9. The van der Waals surface area contributed by atoms with Crippen LogP contribution in [0.15, 0.2) is 71.3 Å². The minimum absolute atomic E-state index is 0.0962. The second-order valence-electron chi connectivity index (χ2n) is 8.94. The first-order valence-corrected chi connectivity index (χ1v) is 12.9. The van der Waals surface area contributed by atoms with Gasteiger partial charge in [0, 0.05) is 55.2 Å². The third-order valence-electron chi connectivity index (χ3n) is 6.51. The molecule has 0 bridgehead atoms. The number of pyridine rings is 1. The summed E-state index contributed by atoms with van der Waals surface area (Å²) in [5, 5.41) is 13.6. The molecule has 1 atom stereocenters. The highest BCUT2D eigenvalue weighted by Crippen LogP contribution is 2.26. The number of halogens is 1. The highest BCUT2D eigenvalue weighted by atomic mass is 79.9. The van der Waals surface area contributed by atoms with E-state index in [9.17, 15) is 19.7 Å². The average Bonchev–Trinajstić information content (AvgIpc) is 3.32. The lowest BCUT2D eigenvalue weighted by Crippen LogP contribution is -2.46. The van der Waals surface area contributed by atoms with Crippen LogP contribution in [0.4, 0.5) is 27.7 Å². The third kappa shape index (κ3) is 5.70. The second-order valence-corrected chi connectivity index (χ2v) is 9.76. The Morgan fingerprint density at radius 1 is 1.03 bits per heavy atom. The van der Waals surface area contributed by atoms with Gasteiger partial charge < -0.3 is 19.9 Å². The number of nitro groups is 1. The number of carbonyl (C=O) groups is 2. The first-order chi connectivity index (χ1) is 18.4. The van der Waals surface area contributed by atoms with Gasteiger partial charge in [-0.25, -0.2) is 9.78 Å². The summed E-state index contributed by atoms with van der Waals surface area (Å²) < 4.78 is 6.24. The molecule has 2 aliphatic rings. The number of ether oxygens (including phenoxy) is 1. The van der Waals surface area contributed by atoms with Crippen LogP contribution in [0.3, 0.4) is 0 Å². The van der Waals surface area contributed by atoms with Gasteiger partial charge in [-0.3, -0.25) is 19.8 Å². The van der Waals surface area contributed by atoms with Gasteiger partial charge in [-0.05, 0) is 58.4 Å². The molecule has 2 saturated heterocycles. The molecular formula is C26H25BrN6O5. The number of amides is 2. The average molecular weight is 581 g/mol. The zero-order valence-corrected chi connectivity index (χ0v) is 21.9. The number of cyclic esters (lactones) is 1. The smallest absolute Gasteiger partial charge is 0.414 e. The van der Waals surface area contributed by atoms with Crippen LogP contribution in [0.2, 0.25) is 0 Å². The number of anilines is 3. The molecule has 3 aromatic rings. The largest absolute Gasteiger partial charge is 0.442 e. The minimum atomic E-state index is -0.556. The van der Waals surface area contributed by atoms with Crippen LogP contribution in [0.5, 0.6) is 0 Å². The first kappa shape index (κ1) is 25.5. The number of piperazine rings is 1. The normalized spacial score (nSPS) is 17.3. The highest BCUT2D eigenvalue weighted by Gasteiger charge is 2.32. The summed E-state index contributed by atoms with van der Waals surface area (Å²) in [6.45, 7) is 3.79. The van der Waals surface area contributed by atoms with Crippen LogP contribution < -0.4 is 20.0 Å². The van der Waals surface area contributed by atoms with Crippen molar-refractivity contribution >= 4 is 50.8 Å². The standard InChI is InChI=1S/C26H25BrN6O5/c27-23-5-2-6-24(29-23)31-13-11-30(12-14-31)19-7-9-20(10-8-19)32-17-22(38-26(32)35)16-28-25(34)18-3-1-4-21(15-18)33(36)37/h1-10,15,22H,11-14,16-17H2,(H,28,34)/t22-/m0/s1. The number of hydrogen-bond acceptors (Lipinski definition) is 8. The fourth-order valence-corrected chi connectivity index (χ4v) is 4.85. The number of aromatic nitrogens is 1. The van der Waals surface area contributed by atoms with Crippen LogP contribution >= 0.6 is 15.9 Å². The SMILES string of the molecule is O=C(NC[C@H]1CN(c2ccc(N3CCN(c4cccc(Br)n4)CC3)cc2)C(=O)O1)c1cccc([N+](=O)[O-])c1. The Morgan fingerprint density at radius 3 is 2.42 bits per heavy atom. The van der Waals surface area contributed by atoms with Crippen LogP contribution in [-0.2, 0) is 4.74 Å². The Bertz CT molecular complexity index is 1350. The second kappa shape index (κ2) is 11.1. The topological polar surface area (TPSA) is 121 Å². The lowest BCUT2D eigenvalue weighted by Gasteiger charge is -2.36. The molecule has 11 nitrogen and oxygen atoms in total. The van der Waals surface area contributed by atoms with Gasteiger partial charge in [0.15, 0.2) is 0 Å². The van der Waals surface area contributed by atoms with Gasteiger partial charge in [0.2, 0.25) is 0 Å². The van der Waals surface area contributed by atoms with E-state index in [1.165, 1.54) is 29.2 Å². The number of nitrogens with zero attached hydrogens (tertiary/aromatic N) is 5. The van der Waals surface area contributed by atoms with E-state index in [1.807, 2.05) is 42.5 Å². The van der Waals surface area contributed by atoms with Crippen molar-refractivity contribution in [2.24, 2.45) is 0 Å². The number of benzene rings is 2. The molecule has 12 heteroatoms. The molecule has 3 heterocycles. The molecule has 0 saturated carbocycles. The summed E-state index contributed by atoms with van der Waals surface area (Å²) in [6.07, 6.45) is -1.02. The summed E-state index contributed by atoms with van der Waals surface area (Å²) in [5.74, 6) is 0.487. The predicted octanol–water partition coefficient (Wildman–Crippen LogP) is 3.83. The summed E-state index contributed by atoms with van der Waals surface area (Å²) in [5.41, 5.74) is 1.79. The van der Waals surface area contributed by atoms with Crippen molar-refractivity contribution in [3.63, 3.8) is 0 Å². The van der Waals surface area contributed by atoms with E-state index in [-0.39, 0.29) is 24.3 Å². The molecule has 2 aliphatic heterocycles. The number of nitro benzene ring substituents is 1. The van der Waals surface area contributed by atoms with Gasteiger partial charge in [0.25, 0.3) is 11.6 Å². The van der Waals surface area contributed by atoms with E-state index in [1.54, 1.807) is 0 Å². The molecular weight excluding hydrogens is 556 g/mol. The lowest BCUT2D eigenvalue weighted by atomic mass is 10.2. The summed E-state index contributed by atoms with van der Waals surface area (Å²) >= 11 is 3.43. The predicted molar refractivity (Wildman–Crippen MR) is 146 cm³/mol. The molecule has 0 spiro atoms. The van der Waals surface area contributed by atoms with Crippen molar-refractivity contribution in [3.8, 4) is 0 Å². The Morgan fingerprint density at radius 2 is 1.71 bits per heavy atom.